The summed E-state index contributed by atoms with van der Waals surface area (Å²) in [5.41, 5.74) is 4.87. The van der Waals surface area contributed by atoms with Crippen LogP contribution in [0, 0.1) is 13.8 Å². The summed E-state index contributed by atoms with van der Waals surface area (Å²) in [4.78, 5) is 4.43. The number of nitrogens with zero attached hydrogens (tertiary/aromatic N) is 1. The average Bonchev–Trinajstić information content (AvgIpc) is 2.42. The van der Waals surface area contributed by atoms with Crippen LogP contribution in [0.1, 0.15) is 41.8 Å². The fraction of sp³-hybridized carbons (Fsp3) is 0.353. The number of aryl methyl sites for hydroxylation is 2. The Labute approximate surface area is 129 Å². The molecule has 2 rings (SSSR count). The van der Waals surface area contributed by atoms with Crippen LogP contribution in [0.3, 0.4) is 0 Å². The molecule has 0 bridgehead atoms. The van der Waals surface area contributed by atoms with Crippen LogP contribution >= 0.6 is 15.9 Å². The van der Waals surface area contributed by atoms with Gasteiger partial charge in [-0.05, 0) is 61.7 Å². The zero-order chi connectivity index (χ0) is 14.5. The van der Waals surface area contributed by atoms with E-state index in [-0.39, 0.29) is 6.04 Å². The van der Waals surface area contributed by atoms with Crippen LogP contribution in [-0.4, -0.2) is 11.5 Å². The van der Waals surface area contributed by atoms with Crippen molar-refractivity contribution in [2.24, 2.45) is 0 Å². The first-order chi connectivity index (χ1) is 9.61. The number of hydrogen-bond acceptors (Lipinski definition) is 2. The van der Waals surface area contributed by atoms with E-state index in [1.807, 2.05) is 13.1 Å². The first kappa shape index (κ1) is 15.2. The normalized spacial score (nSPS) is 12.4. The smallest absolute Gasteiger partial charge is 0.0594 e. The second kappa shape index (κ2) is 7.00. The maximum absolute atomic E-state index is 4.43. The van der Waals surface area contributed by atoms with Gasteiger partial charge in [0.05, 0.1) is 6.04 Å². The molecule has 106 valence electrons. The van der Waals surface area contributed by atoms with E-state index in [0.717, 1.165) is 23.1 Å². The third-order valence-corrected chi connectivity index (χ3v) is 3.90. The number of aromatic nitrogens is 1. The second-order valence-corrected chi connectivity index (χ2v) is 6.04. The van der Waals surface area contributed by atoms with Gasteiger partial charge in [0.25, 0.3) is 0 Å². The maximum Gasteiger partial charge on any atom is 0.0594 e. The number of pyridine rings is 1. The van der Waals surface area contributed by atoms with Crippen LogP contribution in [-0.2, 0) is 0 Å². The van der Waals surface area contributed by atoms with Crippen molar-refractivity contribution in [3.63, 3.8) is 0 Å². The van der Waals surface area contributed by atoms with Gasteiger partial charge in [0.2, 0.25) is 0 Å². The van der Waals surface area contributed by atoms with Gasteiger partial charge >= 0.3 is 0 Å². The molecule has 0 fully saturated rings. The van der Waals surface area contributed by atoms with Gasteiger partial charge in [0.1, 0.15) is 0 Å². The summed E-state index contributed by atoms with van der Waals surface area (Å²) in [5, 5.41) is 3.63. The van der Waals surface area contributed by atoms with Crippen molar-refractivity contribution < 1.29 is 0 Å². The van der Waals surface area contributed by atoms with Crippen molar-refractivity contribution >= 4 is 15.9 Å². The minimum absolute atomic E-state index is 0.205. The van der Waals surface area contributed by atoms with Gasteiger partial charge in [-0.25, -0.2) is 0 Å². The van der Waals surface area contributed by atoms with Crippen molar-refractivity contribution in [3.05, 3.63) is 63.4 Å². The Balaban J connectivity index is 2.38. The Hall–Kier alpha value is -1.19. The SMILES string of the molecule is CCCNC(c1ccc(C)nc1)c1ccc(Br)cc1C. The van der Waals surface area contributed by atoms with Crippen LogP contribution < -0.4 is 5.32 Å². The highest BCUT2D eigenvalue weighted by Gasteiger charge is 2.15. The number of hydrogen-bond donors (Lipinski definition) is 1. The lowest BCUT2D eigenvalue weighted by atomic mass is 9.96. The lowest BCUT2D eigenvalue weighted by Gasteiger charge is -2.21. The molecule has 1 aromatic heterocycles. The molecule has 2 nitrogen and oxygen atoms in total. The Morgan fingerprint density at radius 3 is 2.60 bits per heavy atom. The summed E-state index contributed by atoms with van der Waals surface area (Å²) in [6, 6.07) is 10.9. The number of rotatable bonds is 5. The van der Waals surface area contributed by atoms with Gasteiger partial charge in [0, 0.05) is 16.4 Å². The Bertz CT molecular complexity index is 564. The fourth-order valence-electron chi connectivity index (χ4n) is 2.31. The van der Waals surface area contributed by atoms with Gasteiger partial charge < -0.3 is 5.32 Å². The Morgan fingerprint density at radius 2 is 2.00 bits per heavy atom. The molecular formula is C17H21BrN2. The van der Waals surface area contributed by atoms with E-state index in [4.69, 9.17) is 0 Å². The zero-order valence-corrected chi connectivity index (χ0v) is 13.9. The Morgan fingerprint density at radius 1 is 1.20 bits per heavy atom. The van der Waals surface area contributed by atoms with Crippen LogP contribution in [0.15, 0.2) is 41.0 Å². The van der Waals surface area contributed by atoms with E-state index >= 15 is 0 Å². The van der Waals surface area contributed by atoms with Gasteiger partial charge in [-0.2, -0.15) is 0 Å². The minimum atomic E-state index is 0.205. The molecule has 1 atom stereocenters. The first-order valence-electron chi connectivity index (χ1n) is 7.03. The van der Waals surface area contributed by atoms with E-state index in [1.54, 1.807) is 0 Å². The fourth-order valence-corrected chi connectivity index (χ4v) is 2.78. The molecule has 1 unspecified atom stereocenters. The Kier molecular flexibility index (Phi) is 5.32. The average molecular weight is 333 g/mol. The molecule has 20 heavy (non-hydrogen) atoms. The molecule has 0 radical (unpaired) electrons. The van der Waals surface area contributed by atoms with Crippen LogP contribution in [0.2, 0.25) is 0 Å². The van der Waals surface area contributed by atoms with E-state index < -0.39 is 0 Å². The summed E-state index contributed by atoms with van der Waals surface area (Å²) >= 11 is 3.53. The first-order valence-corrected chi connectivity index (χ1v) is 7.83. The van der Waals surface area contributed by atoms with E-state index in [9.17, 15) is 0 Å². The van der Waals surface area contributed by atoms with Crippen LogP contribution in [0.25, 0.3) is 0 Å². The van der Waals surface area contributed by atoms with Crippen LogP contribution in [0.4, 0.5) is 0 Å². The van der Waals surface area contributed by atoms with Gasteiger partial charge in [-0.1, -0.05) is 35.0 Å². The highest BCUT2D eigenvalue weighted by molar-refractivity contribution is 9.10. The predicted molar refractivity (Wildman–Crippen MR) is 88.0 cm³/mol. The summed E-state index contributed by atoms with van der Waals surface area (Å²) < 4.78 is 1.12. The van der Waals surface area contributed by atoms with E-state index in [0.29, 0.717) is 0 Å². The highest BCUT2D eigenvalue weighted by atomic mass is 79.9. The third kappa shape index (κ3) is 3.68. The topological polar surface area (TPSA) is 24.9 Å². The highest BCUT2D eigenvalue weighted by Crippen LogP contribution is 2.26. The molecule has 0 aliphatic heterocycles. The molecule has 0 spiro atoms. The van der Waals surface area contributed by atoms with Crippen molar-refractivity contribution in [1.82, 2.24) is 10.3 Å². The number of benzene rings is 1. The summed E-state index contributed by atoms with van der Waals surface area (Å²) in [6.45, 7) is 7.35. The molecule has 1 heterocycles. The van der Waals surface area contributed by atoms with Crippen molar-refractivity contribution in [3.8, 4) is 0 Å². The second-order valence-electron chi connectivity index (χ2n) is 5.12. The molecular weight excluding hydrogens is 312 g/mol. The molecule has 2 aromatic rings. The molecule has 0 amide bonds. The van der Waals surface area contributed by atoms with Crippen molar-refractivity contribution in [1.29, 1.82) is 0 Å². The maximum atomic E-state index is 4.43. The summed E-state index contributed by atoms with van der Waals surface area (Å²) in [5.74, 6) is 0. The van der Waals surface area contributed by atoms with E-state index in [1.165, 1.54) is 16.7 Å². The van der Waals surface area contributed by atoms with Crippen LogP contribution in [0.5, 0.6) is 0 Å². The molecule has 0 saturated heterocycles. The molecule has 0 aliphatic rings. The van der Waals surface area contributed by atoms with Gasteiger partial charge in [-0.15, -0.1) is 0 Å². The predicted octanol–water partition coefficient (Wildman–Crippen LogP) is 4.55. The quantitative estimate of drug-likeness (QED) is 0.868. The van der Waals surface area contributed by atoms with Gasteiger partial charge in [0.15, 0.2) is 0 Å². The largest absolute Gasteiger partial charge is 0.306 e. The standard InChI is InChI=1S/C17H21BrN2/c1-4-9-19-17(14-6-5-13(3)20-11-14)16-8-7-15(18)10-12(16)2/h5-8,10-11,17,19H,4,9H2,1-3H3. The zero-order valence-electron chi connectivity index (χ0n) is 12.3. The summed E-state index contributed by atoms with van der Waals surface area (Å²) in [6.07, 6.45) is 3.09. The lowest BCUT2D eigenvalue weighted by molar-refractivity contribution is 0.594. The molecule has 1 N–H and O–H groups in total. The monoisotopic (exact) mass is 332 g/mol. The van der Waals surface area contributed by atoms with Crippen molar-refractivity contribution in [2.45, 2.75) is 33.2 Å². The van der Waals surface area contributed by atoms with Gasteiger partial charge in [-0.3, -0.25) is 4.98 Å². The molecule has 3 heteroatoms. The minimum Gasteiger partial charge on any atom is -0.306 e. The molecule has 0 saturated carbocycles. The third-order valence-electron chi connectivity index (χ3n) is 3.41. The van der Waals surface area contributed by atoms with E-state index in [2.05, 4.69) is 70.4 Å². The summed E-state index contributed by atoms with van der Waals surface area (Å²) in [7, 11) is 0. The number of halogens is 1. The van der Waals surface area contributed by atoms with Crippen molar-refractivity contribution in [2.75, 3.05) is 6.54 Å². The molecule has 0 aliphatic carbocycles. The molecule has 1 aromatic carbocycles. The lowest BCUT2D eigenvalue weighted by Crippen LogP contribution is -2.24. The number of nitrogens with one attached hydrogen (secondary N) is 1.